The lowest BCUT2D eigenvalue weighted by atomic mass is 9.91. The monoisotopic (exact) mass is 296 g/mol. The predicted octanol–water partition coefficient (Wildman–Crippen LogP) is 1.61. The number of alkyl halides is 1. The van der Waals surface area contributed by atoms with Gasteiger partial charge in [0, 0.05) is 32.3 Å². The summed E-state index contributed by atoms with van der Waals surface area (Å²) in [7, 11) is 3.38. The van der Waals surface area contributed by atoms with Gasteiger partial charge in [-0.05, 0) is 12.8 Å². The zero-order valence-electron chi connectivity index (χ0n) is 9.99. The van der Waals surface area contributed by atoms with Crippen LogP contribution in [-0.2, 0) is 18.9 Å². The van der Waals surface area contributed by atoms with Gasteiger partial charge in [0.25, 0.3) is 0 Å². The van der Waals surface area contributed by atoms with E-state index in [1.807, 2.05) is 0 Å². The molecule has 0 saturated heterocycles. The fraction of sp³-hybridized carbons (Fsp3) is 1.00. The highest BCUT2D eigenvalue weighted by atomic mass is 79.9. The molecule has 0 heterocycles. The van der Waals surface area contributed by atoms with Gasteiger partial charge in [-0.1, -0.05) is 15.9 Å². The first-order valence-corrected chi connectivity index (χ1v) is 6.56. The van der Waals surface area contributed by atoms with Gasteiger partial charge in [-0.2, -0.15) is 0 Å². The first-order chi connectivity index (χ1) is 7.79. The summed E-state index contributed by atoms with van der Waals surface area (Å²) < 4.78 is 21.3. The molecule has 1 rings (SSSR count). The Morgan fingerprint density at radius 2 is 1.75 bits per heavy atom. The van der Waals surface area contributed by atoms with Crippen LogP contribution in [0.4, 0.5) is 0 Å². The Balaban J connectivity index is 2.07. The summed E-state index contributed by atoms with van der Waals surface area (Å²) >= 11 is 3.57. The van der Waals surface area contributed by atoms with Crippen molar-refractivity contribution in [2.45, 2.75) is 29.9 Å². The average Bonchev–Trinajstić information content (AvgIpc) is 2.28. The normalized spacial score (nSPS) is 29.1. The molecule has 0 aromatic rings. The predicted molar refractivity (Wildman–Crippen MR) is 65.2 cm³/mol. The number of hydrogen-bond donors (Lipinski definition) is 0. The second-order valence-electron chi connectivity index (χ2n) is 3.84. The number of halogens is 1. The van der Waals surface area contributed by atoms with Crippen molar-refractivity contribution in [2.24, 2.45) is 0 Å². The van der Waals surface area contributed by atoms with Crippen molar-refractivity contribution in [3.63, 3.8) is 0 Å². The molecule has 0 bridgehead atoms. The van der Waals surface area contributed by atoms with Crippen LogP contribution in [0.3, 0.4) is 0 Å². The minimum absolute atomic E-state index is 0.165. The number of methoxy groups -OCH3 is 2. The molecule has 0 aliphatic heterocycles. The summed E-state index contributed by atoms with van der Waals surface area (Å²) in [6.45, 7) is 2.75. The molecule has 0 amide bonds. The van der Waals surface area contributed by atoms with Crippen LogP contribution in [0.15, 0.2) is 0 Å². The number of hydrogen-bond acceptors (Lipinski definition) is 4. The maximum atomic E-state index is 5.72. The Morgan fingerprint density at radius 1 is 1.00 bits per heavy atom. The third-order valence-corrected chi connectivity index (χ3v) is 3.50. The molecule has 1 aliphatic rings. The largest absolute Gasteiger partial charge is 0.385 e. The average molecular weight is 297 g/mol. The summed E-state index contributed by atoms with van der Waals surface area (Å²) in [6, 6.07) is 0. The van der Waals surface area contributed by atoms with E-state index >= 15 is 0 Å². The van der Waals surface area contributed by atoms with Gasteiger partial charge < -0.3 is 18.9 Å². The molecule has 0 aromatic carbocycles. The maximum Gasteiger partial charge on any atom is 0.0963 e. The van der Waals surface area contributed by atoms with Crippen LogP contribution < -0.4 is 0 Å². The van der Waals surface area contributed by atoms with E-state index in [-0.39, 0.29) is 12.2 Å². The third kappa shape index (κ3) is 4.67. The Labute approximate surface area is 106 Å². The van der Waals surface area contributed by atoms with Crippen LogP contribution in [0.5, 0.6) is 0 Å². The van der Waals surface area contributed by atoms with Gasteiger partial charge in [0.1, 0.15) is 0 Å². The first kappa shape index (κ1) is 14.4. The summed E-state index contributed by atoms with van der Waals surface area (Å²) in [5.41, 5.74) is 0. The highest BCUT2D eigenvalue weighted by Crippen LogP contribution is 2.33. The maximum absolute atomic E-state index is 5.72. The summed E-state index contributed by atoms with van der Waals surface area (Å²) in [5, 5.41) is 0. The van der Waals surface area contributed by atoms with E-state index in [9.17, 15) is 0 Å². The lowest BCUT2D eigenvalue weighted by Crippen LogP contribution is -2.51. The van der Waals surface area contributed by atoms with Gasteiger partial charge in [0.05, 0.1) is 25.4 Å². The molecule has 4 nitrogen and oxygen atoms in total. The first-order valence-electron chi connectivity index (χ1n) is 5.64. The Bertz CT molecular complexity index is 179. The van der Waals surface area contributed by atoms with E-state index in [4.69, 9.17) is 18.9 Å². The lowest BCUT2D eigenvalue weighted by Gasteiger charge is -2.40. The van der Waals surface area contributed by atoms with Gasteiger partial charge in [-0.15, -0.1) is 0 Å². The molecule has 5 heteroatoms. The van der Waals surface area contributed by atoms with Crippen molar-refractivity contribution in [1.29, 1.82) is 0 Å². The van der Waals surface area contributed by atoms with Gasteiger partial charge >= 0.3 is 0 Å². The highest BCUT2D eigenvalue weighted by Gasteiger charge is 2.41. The SMILES string of the molecule is COCCCOC1CC(Br)C1OCCOC. The molecule has 0 spiro atoms. The summed E-state index contributed by atoms with van der Waals surface area (Å²) in [4.78, 5) is 0.414. The molecule has 1 fully saturated rings. The fourth-order valence-corrected chi connectivity index (χ4v) is 2.47. The van der Waals surface area contributed by atoms with Crippen molar-refractivity contribution >= 4 is 15.9 Å². The second-order valence-corrected chi connectivity index (χ2v) is 5.01. The minimum Gasteiger partial charge on any atom is -0.385 e. The topological polar surface area (TPSA) is 36.9 Å². The molecule has 96 valence electrons. The molecule has 3 atom stereocenters. The van der Waals surface area contributed by atoms with Gasteiger partial charge in [0.2, 0.25) is 0 Å². The molecule has 0 N–H and O–H groups in total. The van der Waals surface area contributed by atoms with Gasteiger partial charge in [-0.3, -0.25) is 0 Å². The zero-order valence-corrected chi connectivity index (χ0v) is 11.6. The van der Waals surface area contributed by atoms with Gasteiger partial charge in [0.15, 0.2) is 0 Å². The third-order valence-electron chi connectivity index (χ3n) is 2.60. The van der Waals surface area contributed by atoms with Crippen LogP contribution in [-0.4, -0.2) is 57.7 Å². The highest BCUT2D eigenvalue weighted by molar-refractivity contribution is 9.09. The summed E-state index contributed by atoms with van der Waals surface area (Å²) in [5.74, 6) is 0. The van der Waals surface area contributed by atoms with E-state index in [0.717, 1.165) is 26.1 Å². The Hall–Kier alpha value is 0.320. The van der Waals surface area contributed by atoms with Gasteiger partial charge in [-0.25, -0.2) is 0 Å². The van der Waals surface area contributed by atoms with Crippen molar-refractivity contribution in [3.8, 4) is 0 Å². The standard InChI is InChI=1S/C11H21BrO4/c1-13-4-3-5-15-10-8-9(12)11(10)16-7-6-14-2/h9-11H,3-8H2,1-2H3. The van der Waals surface area contributed by atoms with Crippen LogP contribution in [0.25, 0.3) is 0 Å². The van der Waals surface area contributed by atoms with E-state index in [0.29, 0.717) is 18.0 Å². The lowest BCUT2D eigenvalue weighted by molar-refractivity contribution is -0.128. The molecular weight excluding hydrogens is 276 g/mol. The van der Waals surface area contributed by atoms with Crippen LogP contribution in [0.2, 0.25) is 0 Å². The van der Waals surface area contributed by atoms with Crippen LogP contribution in [0, 0.1) is 0 Å². The number of ether oxygens (including phenoxy) is 4. The fourth-order valence-electron chi connectivity index (χ4n) is 1.61. The van der Waals surface area contributed by atoms with Crippen LogP contribution >= 0.6 is 15.9 Å². The molecule has 3 unspecified atom stereocenters. The van der Waals surface area contributed by atoms with E-state index in [1.54, 1.807) is 14.2 Å². The molecule has 16 heavy (non-hydrogen) atoms. The molecule has 1 aliphatic carbocycles. The smallest absolute Gasteiger partial charge is 0.0963 e. The Kier molecular flexibility index (Phi) is 7.56. The van der Waals surface area contributed by atoms with E-state index in [2.05, 4.69) is 15.9 Å². The zero-order chi connectivity index (χ0) is 11.8. The molecular formula is C11H21BrO4. The number of rotatable bonds is 9. The van der Waals surface area contributed by atoms with Crippen molar-refractivity contribution in [1.82, 2.24) is 0 Å². The van der Waals surface area contributed by atoms with E-state index in [1.165, 1.54) is 0 Å². The quantitative estimate of drug-likeness (QED) is 0.478. The minimum atomic E-state index is 0.165. The van der Waals surface area contributed by atoms with Crippen molar-refractivity contribution in [2.75, 3.05) is 40.6 Å². The molecule has 0 aromatic heterocycles. The van der Waals surface area contributed by atoms with Crippen molar-refractivity contribution in [3.05, 3.63) is 0 Å². The second kappa shape index (κ2) is 8.42. The Morgan fingerprint density at radius 3 is 2.38 bits per heavy atom. The van der Waals surface area contributed by atoms with Crippen molar-refractivity contribution < 1.29 is 18.9 Å². The van der Waals surface area contributed by atoms with Crippen LogP contribution in [0.1, 0.15) is 12.8 Å². The van der Waals surface area contributed by atoms with E-state index < -0.39 is 0 Å². The molecule has 1 saturated carbocycles. The summed E-state index contributed by atoms with van der Waals surface area (Å²) in [6.07, 6.45) is 2.34. The molecule has 0 radical (unpaired) electrons.